The van der Waals surface area contributed by atoms with Crippen molar-refractivity contribution in [1.29, 1.82) is 0 Å². The van der Waals surface area contributed by atoms with Crippen LogP contribution in [0.15, 0.2) is 24.3 Å². The number of hydrogen-bond donors (Lipinski definition) is 1. The molecule has 0 aromatic heterocycles. The van der Waals surface area contributed by atoms with Gasteiger partial charge in [0.1, 0.15) is 5.75 Å². The molecular formula is C17H24N2O2. The number of nitrogens with zero attached hydrogens (tertiary/aromatic N) is 1. The molecule has 1 aliphatic heterocycles. The fourth-order valence-electron chi connectivity index (χ4n) is 3.54. The summed E-state index contributed by atoms with van der Waals surface area (Å²) in [5.41, 5.74) is 0.968. The summed E-state index contributed by atoms with van der Waals surface area (Å²) in [5, 5.41) is 3.01. The minimum atomic E-state index is 0.0426. The summed E-state index contributed by atoms with van der Waals surface area (Å²) in [6.07, 6.45) is 5.96. The summed E-state index contributed by atoms with van der Waals surface area (Å²) in [7, 11) is 1.64. The molecule has 1 saturated heterocycles. The third-order valence-corrected chi connectivity index (χ3v) is 5.16. The number of hydrogen-bond acceptors (Lipinski definition) is 2. The van der Waals surface area contributed by atoms with Crippen LogP contribution in [0.1, 0.15) is 39.0 Å². The normalized spacial score (nSPS) is 28.1. The highest BCUT2D eigenvalue weighted by Crippen LogP contribution is 2.44. The fraction of sp³-hybridized carbons (Fsp3) is 0.588. The molecule has 0 unspecified atom stereocenters. The number of ether oxygens (including phenoxy) is 1. The summed E-state index contributed by atoms with van der Waals surface area (Å²) in [6.45, 7) is 3.20. The van der Waals surface area contributed by atoms with E-state index in [2.05, 4.69) is 12.2 Å². The maximum atomic E-state index is 12.5. The molecule has 1 aromatic carbocycles. The van der Waals surface area contributed by atoms with Gasteiger partial charge in [0, 0.05) is 17.8 Å². The summed E-state index contributed by atoms with van der Waals surface area (Å²) < 4.78 is 5.13. The van der Waals surface area contributed by atoms with Gasteiger partial charge in [-0.2, -0.15) is 0 Å². The van der Waals surface area contributed by atoms with Crippen LogP contribution in [0.3, 0.4) is 0 Å². The SMILES string of the molecule is COc1ccc(NC(=O)N2CCC23CCC(C)CC3)cc1. The Hall–Kier alpha value is -1.71. The predicted octanol–water partition coefficient (Wildman–Crippen LogP) is 3.88. The van der Waals surface area contributed by atoms with E-state index < -0.39 is 0 Å². The van der Waals surface area contributed by atoms with E-state index in [1.54, 1.807) is 7.11 Å². The van der Waals surface area contributed by atoms with Gasteiger partial charge in [-0.1, -0.05) is 6.92 Å². The molecular weight excluding hydrogens is 264 g/mol. The number of amides is 2. The third kappa shape index (κ3) is 2.71. The average Bonchev–Trinajstić information content (AvgIpc) is 2.48. The molecule has 21 heavy (non-hydrogen) atoms. The zero-order valence-electron chi connectivity index (χ0n) is 12.9. The number of urea groups is 1. The van der Waals surface area contributed by atoms with Gasteiger partial charge in [0.05, 0.1) is 7.11 Å². The lowest BCUT2D eigenvalue weighted by Crippen LogP contribution is -2.64. The van der Waals surface area contributed by atoms with Crippen LogP contribution in [0, 0.1) is 5.92 Å². The molecule has 3 rings (SSSR count). The van der Waals surface area contributed by atoms with Crippen molar-refractivity contribution in [3.05, 3.63) is 24.3 Å². The predicted molar refractivity (Wildman–Crippen MR) is 83.7 cm³/mol. The Morgan fingerprint density at radius 3 is 2.43 bits per heavy atom. The summed E-state index contributed by atoms with van der Waals surface area (Å²) in [4.78, 5) is 14.5. The van der Waals surface area contributed by atoms with Gasteiger partial charge in [0.15, 0.2) is 0 Å². The monoisotopic (exact) mass is 288 g/mol. The maximum absolute atomic E-state index is 12.5. The zero-order chi connectivity index (χ0) is 14.9. The first-order valence-electron chi connectivity index (χ1n) is 7.86. The smallest absolute Gasteiger partial charge is 0.322 e. The van der Waals surface area contributed by atoms with Crippen LogP contribution in [-0.2, 0) is 0 Å². The highest BCUT2D eigenvalue weighted by molar-refractivity contribution is 5.90. The molecule has 1 aromatic rings. The van der Waals surface area contributed by atoms with Crippen LogP contribution < -0.4 is 10.1 Å². The van der Waals surface area contributed by atoms with E-state index >= 15 is 0 Å². The second kappa shape index (κ2) is 5.58. The van der Waals surface area contributed by atoms with Crippen molar-refractivity contribution in [1.82, 2.24) is 4.90 Å². The largest absolute Gasteiger partial charge is 0.497 e. The Bertz CT molecular complexity index is 504. The Morgan fingerprint density at radius 1 is 1.24 bits per heavy atom. The summed E-state index contributed by atoms with van der Waals surface area (Å²) in [5.74, 6) is 1.61. The number of nitrogens with one attached hydrogen (secondary N) is 1. The van der Waals surface area contributed by atoms with Crippen LogP contribution in [0.5, 0.6) is 5.75 Å². The molecule has 4 heteroatoms. The Kier molecular flexibility index (Phi) is 3.79. The van der Waals surface area contributed by atoms with Crippen molar-refractivity contribution < 1.29 is 9.53 Å². The Balaban J connectivity index is 1.62. The molecule has 1 saturated carbocycles. The lowest BCUT2D eigenvalue weighted by molar-refractivity contribution is -0.00938. The van der Waals surface area contributed by atoms with Gasteiger partial charge in [0.2, 0.25) is 0 Å². The number of carbonyl (C=O) groups excluding carboxylic acids is 1. The number of carbonyl (C=O) groups is 1. The lowest BCUT2D eigenvalue weighted by Gasteiger charge is -2.55. The molecule has 1 N–H and O–H groups in total. The Morgan fingerprint density at radius 2 is 1.90 bits per heavy atom. The van der Waals surface area contributed by atoms with E-state index in [4.69, 9.17) is 4.74 Å². The number of anilines is 1. The van der Waals surface area contributed by atoms with Crippen molar-refractivity contribution in [3.8, 4) is 5.75 Å². The lowest BCUT2D eigenvalue weighted by atomic mass is 9.70. The molecule has 114 valence electrons. The number of likely N-dealkylation sites (tertiary alicyclic amines) is 1. The molecule has 1 spiro atoms. The van der Waals surface area contributed by atoms with Gasteiger partial charge in [-0.05, 0) is 62.3 Å². The number of benzene rings is 1. The molecule has 0 radical (unpaired) electrons. The molecule has 2 fully saturated rings. The molecule has 0 atom stereocenters. The van der Waals surface area contributed by atoms with Gasteiger partial charge in [-0.3, -0.25) is 0 Å². The number of rotatable bonds is 2. The van der Waals surface area contributed by atoms with Crippen molar-refractivity contribution in [2.75, 3.05) is 19.0 Å². The first-order valence-corrected chi connectivity index (χ1v) is 7.86. The molecule has 4 nitrogen and oxygen atoms in total. The zero-order valence-corrected chi connectivity index (χ0v) is 12.9. The molecule has 1 aliphatic carbocycles. The van der Waals surface area contributed by atoms with Gasteiger partial charge in [-0.15, -0.1) is 0 Å². The minimum Gasteiger partial charge on any atom is -0.497 e. The van der Waals surface area contributed by atoms with Crippen LogP contribution in [0.4, 0.5) is 10.5 Å². The molecule has 0 bridgehead atoms. The minimum absolute atomic E-state index is 0.0426. The van der Waals surface area contributed by atoms with E-state index in [-0.39, 0.29) is 11.6 Å². The molecule has 2 aliphatic rings. The molecule has 2 amide bonds. The van der Waals surface area contributed by atoms with Crippen LogP contribution in [-0.4, -0.2) is 30.1 Å². The fourth-order valence-corrected chi connectivity index (χ4v) is 3.54. The summed E-state index contributed by atoms with van der Waals surface area (Å²) >= 11 is 0. The molecule has 1 heterocycles. The maximum Gasteiger partial charge on any atom is 0.322 e. The van der Waals surface area contributed by atoms with Gasteiger partial charge in [0.25, 0.3) is 0 Å². The van der Waals surface area contributed by atoms with Crippen molar-refractivity contribution in [2.45, 2.75) is 44.6 Å². The third-order valence-electron chi connectivity index (χ3n) is 5.16. The van der Waals surface area contributed by atoms with Crippen LogP contribution >= 0.6 is 0 Å². The van der Waals surface area contributed by atoms with Gasteiger partial charge in [-0.25, -0.2) is 4.79 Å². The summed E-state index contributed by atoms with van der Waals surface area (Å²) in [6, 6.07) is 7.53. The topological polar surface area (TPSA) is 41.6 Å². The highest BCUT2D eigenvalue weighted by atomic mass is 16.5. The van der Waals surface area contributed by atoms with Gasteiger partial charge < -0.3 is 15.0 Å². The van der Waals surface area contributed by atoms with E-state index in [0.29, 0.717) is 0 Å². The van der Waals surface area contributed by atoms with Gasteiger partial charge >= 0.3 is 6.03 Å². The first kappa shape index (κ1) is 14.2. The average molecular weight is 288 g/mol. The van der Waals surface area contributed by atoms with Crippen molar-refractivity contribution in [3.63, 3.8) is 0 Å². The van der Waals surface area contributed by atoms with E-state index in [1.807, 2.05) is 29.2 Å². The van der Waals surface area contributed by atoms with Crippen LogP contribution in [0.2, 0.25) is 0 Å². The van der Waals surface area contributed by atoms with E-state index in [0.717, 1.165) is 43.2 Å². The van der Waals surface area contributed by atoms with Crippen molar-refractivity contribution >= 4 is 11.7 Å². The first-order chi connectivity index (χ1) is 10.1. The van der Waals surface area contributed by atoms with Crippen LogP contribution in [0.25, 0.3) is 0 Å². The second-order valence-electron chi connectivity index (χ2n) is 6.47. The number of methoxy groups -OCH3 is 1. The second-order valence-corrected chi connectivity index (χ2v) is 6.47. The highest BCUT2D eigenvalue weighted by Gasteiger charge is 2.48. The Labute approximate surface area is 126 Å². The quantitative estimate of drug-likeness (QED) is 0.897. The van der Waals surface area contributed by atoms with Crippen molar-refractivity contribution in [2.24, 2.45) is 5.92 Å². The van der Waals surface area contributed by atoms with E-state index in [1.165, 1.54) is 12.8 Å². The van der Waals surface area contributed by atoms with E-state index in [9.17, 15) is 4.79 Å². The standard InChI is InChI=1S/C17H24N2O2/c1-13-7-9-17(10-8-13)11-12-19(17)16(20)18-14-3-5-15(21-2)6-4-14/h3-6,13H,7-12H2,1-2H3,(H,18,20).